The van der Waals surface area contributed by atoms with Gasteiger partial charge in [-0.05, 0) is 36.1 Å². The number of carbonyl (C=O) groups is 1. The Morgan fingerprint density at radius 2 is 1.62 bits per heavy atom. The topological polar surface area (TPSA) is 62.6 Å². The summed E-state index contributed by atoms with van der Waals surface area (Å²) in [6.07, 6.45) is 1.46. The maximum Gasteiger partial charge on any atom is 0.322 e. The zero-order valence-corrected chi connectivity index (χ0v) is 18.8. The molecule has 5 nitrogen and oxygen atoms in total. The molecule has 34 heavy (non-hydrogen) atoms. The third-order valence-electron chi connectivity index (χ3n) is 5.90. The minimum atomic E-state index is -0.288. The van der Waals surface area contributed by atoms with Gasteiger partial charge in [0.05, 0.1) is 29.4 Å². The fraction of sp³-hybridized carbons (Fsp3) is 0.103. The first-order chi connectivity index (χ1) is 16.6. The SMILES string of the molecule is Cc1ccc2occ(CN(Cc3ccccc3)C(=O)Nc3cccc4ccccc34)c(=O)c2c1. The molecule has 1 heterocycles. The summed E-state index contributed by atoms with van der Waals surface area (Å²) >= 11 is 0. The van der Waals surface area contributed by atoms with E-state index in [1.807, 2.05) is 91.9 Å². The Bertz CT molecular complexity index is 1530. The number of nitrogens with one attached hydrogen (secondary N) is 1. The molecule has 5 rings (SSSR count). The molecule has 0 atom stereocenters. The lowest BCUT2D eigenvalue weighted by Gasteiger charge is -2.23. The summed E-state index contributed by atoms with van der Waals surface area (Å²) in [7, 11) is 0. The third-order valence-corrected chi connectivity index (χ3v) is 5.90. The molecule has 0 fully saturated rings. The Morgan fingerprint density at radius 1 is 0.853 bits per heavy atom. The van der Waals surface area contributed by atoms with Crippen LogP contribution in [0.15, 0.2) is 106 Å². The van der Waals surface area contributed by atoms with Gasteiger partial charge in [0.25, 0.3) is 0 Å². The van der Waals surface area contributed by atoms with Gasteiger partial charge in [0.1, 0.15) is 5.58 Å². The van der Waals surface area contributed by atoms with Crippen molar-refractivity contribution in [3.05, 3.63) is 124 Å². The number of carbonyl (C=O) groups excluding carboxylic acids is 1. The molecule has 0 bridgehead atoms. The average Bonchev–Trinajstić information content (AvgIpc) is 2.86. The molecule has 0 spiro atoms. The van der Waals surface area contributed by atoms with E-state index in [9.17, 15) is 9.59 Å². The zero-order valence-electron chi connectivity index (χ0n) is 18.8. The van der Waals surface area contributed by atoms with E-state index >= 15 is 0 Å². The lowest BCUT2D eigenvalue weighted by Crippen LogP contribution is -2.35. The predicted octanol–water partition coefficient (Wildman–Crippen LogP) is 6.49. The van der Waals surface area contributed by atoms with Crippen molar-refractivity contribution in [2.24, 2.45) is 0 Å². The minimum Gasteiger partial charge on any atom is -0.464 e. The van der Waals surface area contributed by atoms with Crippen molar-refractivity contribution >= 4 is 33.5 Å². The van der Waals surface area contributed by atoms with Gasteiger partial charge in [0, 0.05) is 11.9 Å². The molecule has 2 amide bonds. The maximum atomic E-state index is 13.5. The van der Waals surface area contributed by atoms with Gasteiger partial charge in [0.15, 0.2) is 5.43 Å². The van der Waals surface area contributed by atoms with Crippen LogP contribution in [0.1, 0.15) is 16.7 Å². The van der Waals surface area contributed by atoms with E-state index in [1.54, 1.807) is 11.0 Å². The van der Waals surface area contributed by atoms with Gasteiger partial charge in [0.2, 0.25) is 0 Å². The Hall–Kier alpha value is -4.38. The van der Waals surface area contributed by atoms with Crippen LogP contribution in [0.4, 0.5) is 10.5 Å². The van der Waals surface area contributed by atoms with E-state index in [1.165, 1.54) is 6.26 Å². The smallest absolute Gasteiger partial charge is 0.322 e. The highest BCUT2D eigenvalue weighted by Gasteiger charge is 2.19. The zero-order chi connectivity index (χ0) is 23.5. The number of hydrogen-bond acceptors (Lipinski definition) is 3. The number of hydrogen-bond donors (Lipinski definition) is 1. The molecule has 1 aromatic heterocycles. The second kappa shape index (κ2) is 9.24. The number of aryl methyl sites for hydroxylation is 1. The van der Waals surface area contributed by atoms with Crippen molar-refractivity contribution in [2.75, 3.05) is 5.32 Å². The quantitative estimate of drug-likeness (QED) is 0.334. The molecule has 0 saturated carbocycles. The third kappa shape index (κ3) is 4.41. The van der Waals surface area contributed by atoms with Crippen molar-refractivity contribution in [1.82, 2.24) is 4.90 Å². The summed E-state index contributed by atoms with van der Waals surface area (Å²) in [4.78, 5) is 28.3. The van der Waals surface area contributed by atoms with Crippen LogP contribution in [-0.2, 0) is 13.1 Å². The molecule has 0 radical (unpaired) electrons. The van der Waals surface area contributed by atoms with E-state index in [4.69, 9.17) is 4.42 Å². The molecule has 0 aliphatic carbocycles. The van der Waals surface area contributed by atoms with Crippen LogP contribution in [0.25, 0.3) is 21.7 Å². The molecular weight excluding hydrogens is 424 g/mol. The molecule has 0 aliphatic rings. The lowest BCUT2D eigenvalue weighted by molar-refractivity contribution is 0.206. The van der Waals surface area contributed by atoms with Gasteiger partial charge in [-0.3, -0.25) is 4.79 Å². The van der Waals surface area contributed by atoms with E-state index in [0.29, 0.717) is 23.1 Å². The highest BCUT2D eigenvalue weighted by Crippen LogP contribution is 2.24. The lowest BCUT2D eigenvalue weighted by atomic mass is 10.1. The van der Waals surface area contributed by atoms with Gasteiger partial charge in [-0.25, -0.2) is 4.79 Å². The van der Waals surface area contributed by atoms with Crippen molar-refractivity contribution < 1.29 is 9.21 Å². The normalized spacial score (nSPS) is 11.0. The van der Waals surface area contributed by atoms with Crippen molar-refractivity contribution in [3.8, 4) is 0 Å². The highest BCUT2D eigenvalue weighted by atomic mass is 16.3. The fourth-order valence-electron chi connectivity index (χ4n) is 4.13. The van der Waals surface area contributed by atoms with E-state index in [-0.39, 0.29) is 18.0 Å². The van der Waals surface area contributed by atoms with E-state index < -0.39 is 0 Å². The molecular formula is C29H24N2O3. The van der Waals surface area contributed by atoms with Crippen LogP contribution in [0.2, 0.25) is 0 Å². The second-order valence-corrected chi connectivity index (χ2v) is 8.39. The Balaban J connectivity index is 1.49. The first-order valence-corrected chi connectivity index (χ1v) is 11.2. The summed E-state index contributed by atoms with van der Waals surface area (Å²) in [5, 5.41) is 5.56. The number of rotatable bonds is 5. The molecule has 0 aliphatic heterocycles. The summed E-state index contributed by atoms with van der Waals surface area (Å²) in [5.41, 5.74) is 3.52. The Morgan fingerprint density at radius 3 is 2.47 bits per heavy atom. The first-order valence-electron chi connectivity index (χ1n) is 11.2. The molecule has 168 valence electrons. The fourth-order valence-corrected chi connectivity index (χ4v) is 4.13. The summed E-state index contributed by atoms with van der Waals surface area (Å²) < 4.78 is 5.73. The standard InChI is InChI=1S/C29H24N2O3/c1-20-14-15-27-25(16-20)28(32)23(19-34-27)18-31(17-21-8-3-2-4-9-21)29(33)30-26-13-7-11-22-10-5-6-12-24(22)26/h2-16,19H,17-18H2,1H3,(H,30,33). The molecule has 1 N–H and O–H groups in total. The van der Waals surface area contributed by atoms with Crippen LogP contribution >= 0.6 is 0 Å². The van der Waals surface area contributed by atoms with Gasteiger partial charge < -0.3 is 14.6 Å². The summed E-state index contributed by atoms with van der Waals surface area (Å²) in [6, 6.07) is 28.7. The van der Waals surface area contributed by atoms with Crippen molar-refractivity contribution in [2.45, 2.75) is 20.0 Å². The van der Waals surface area contributed by atoms with Crippen molar-refractivity contribution in [3.63, 3.8) is 0 Å². The molecule has 0 unspecified atom stereocenters. The number of amides is 2. The first kappa shape index (κ1) is 21.5. The van der Waals surface area contributed by atoms with Crippen LogP contribution in [0, 0.1) is 6.92 Å². The second-order valence-electron chi connectivity index (χ2n) is 8.39. The highest BCUT2D eigenvalue weighted by molar-refractivity contribution is 6.01. The predicted molar refractivity (Wildman–Crippen MR) is 136 cm³/mol. The maximum absolute atomic E-state index is 13.5. The summed E-state index contributed by atoms with van der Waals surface area (Å²) in [6.45, 7) is 2.41. The van der Waals surface area contributed by atoms with Crippen molar-refractivity contribution in [1.29, 1.82) is 0 Å². The van der Waals surface area contributed by atoms with Gasteiger partial charge in [-0.1, -0.05) is 78.4 Å². The van der Waals surface area contributed by atoms with Gasteiger partial charge in [-0.15, -0.1) is 0 Å². The average molecular weight is 449 g/mol. The van der Waals surface area contributed by atoms with Crippen LogP contribution in [-0.4, -0.2) is 10.9 Å². The Kier molecular flexibility index (Phi) is 5.83. The number of anilines is 1. The number of fused-ring (bicyclic) bond motifs is 2. The summed E-state index contributed by atoms with van der Waals surface area (Å²) in [5.74, 6) is 0. The van der Waals surface area contributed by atoms with Crippen LogP contribution < -0.4 is 10.7 Å². The van der Waals surface area contributed by atoms with Crippen LogP contribution in [0.3, 0.4) is 0 Å². The minimum absolute atomic E-state index is 0.123. The molecule has 0 saturated heterocycles. The number of nitrogens with zero attached hydrogens (tertiary/aromatic N) is 1. The number of benzene rings is 4. The molecule has 4 aromatic carbocycles. The number of urea groups is 1. The molecule has 5 heteroatoms. The van der Waals surface area contributed by atoms with Gasteiger partial charge >= 0.3 is 6.03 Å². The Labute approximate surface area is 197 Å². The van der Waals surface area contributed by atoms with E-state index in [2.05, 4.69) is 5.32 Å². The van der Waals surface area contributed by atoms with Crippen LogP contribution in [0.5, 0.6) is 0 Å². The van der Waals surface area contributed by atoms with Gasteiger partial charge in [-0.2, -0.15) is 0 Å². The largest absolute Gasteiger partial charge is 0.464 e. The van der Waals surface area contributed by atoms with E-state index in [0.717, 1.165) is 27.6 Å². The molecule has 5 aromatic rings. The monoisotopic (exact) mass is 448 g/mol.